The summed E-state index contributed by atoms with van der Waals surface area (Å²) >= 11 is 0. The second-order valence-corrected chi connectivity index (χ2v) is 9.79. The SMILES string of the molecule is NC1CCCCC1.NCCCC[C@H](N)C(=O)O.O=C(O)Cc1ccccc1.O=Cc1ccc(-c2ccccc2)cc1. The van der Waals surface area contributed by atoms with Crippen LogP contribution in [0.2, 0.25) is 0 Å². The Balaban J connectivity index is 0.000000282. The van der Waals surface area contributed by atoms with Gasteiger partial charge in [0.15, 0.2) is 0 Å². The third-order valence-corrected chi connectivity index (χ3v) is 6.29. The molecular formula is C33H45N3O5. The van der Waals surface area contributed by atoms with E-state index in [1.807, 2.05) is 60.7 Å². The van der Waals surface area contributed by atoms with Crippen molar-refractivity contribution in [3.05, 3.63) is 96.1 Å². The van der Waals surface area contributed by atoms with Gasteiger partial charge in [0.25, 0.3) is 0 Å². The largest absolute Gasteiger partial charge is 0.481 e. The van der Waals surface area contributed by atoms with Crippen molar-refractivity contribution in [1.29, 1.82) is 0 Å². The molecule has 0 radical (unpaired) electrons. The first-order chi connectivity index (χ1) is 19.8. The van der Waals surface area contributed by atoms with Crippen molar-refractivity contribution in [2.75, 3.05) is 6.54 Å². The highest BCUT2D eigenvalue weighted by atomic mass is 16.4. The van der Waals surface area contributed by atoms with Crippen LogP contribution in [-0.2, 0) is 16.0 Å². The van der Waals surface area contributed by atoms with Crippen molar-refractivity contribution in [2.45, 2.75) is 69.9 Å². The summed E-state index contributed by atoms with van der Waals surface area (Å²) in [6, 6.07) is 26.6. The number of hydrogen-bond donors (Lipinski definition) is 5. The highest BCUT2D eigenvalue weighted by Crippen LogP contribution is 2.18. The van der Waals surface area contributed by atoms with E-state index in [9.17, 15) is 14.4 Å². The molecule has 0 amide bonds. The van der Waals surface area contributed by atoms with Crippen LogP contribution in [0.4, 0.5) is 0 Å². The molecule has 222 valence electrons. The van der Waals surface area contributed by atoms with Crippen LogP contribution in [0.25, 0.3) is 11.1 Å². The molecule has 3 aromatic rings. The van der Waals surface area contributed by atoms with Gasteiger partial charge in [-0.25, -0.2) is 0 Å². The number of nitrogens with two attached hydrogens (primary N) is 3. The van der Waals surface area contributed by atoms with Crippen molar-refractivity contribution < 1.29 is 24.6 Å². The van der Waals surface area contributed by atoms with Gasteiger partial charge in [-0.2, -0.15) is 0 Å². The lowest BCUT2D eigenvalue weighted by atomic mass is 9.97. The number of carboxylic acid groups (broad SMARTS) is 2. The summed E-state index contributed by atoms with van der Waals surface area (Å²) in [7, 11) is 0. The molecule has 0 aliphatic heterocycles. The molecule has 4 rings (SSSR count). The summed E-state index contributed by atoms with van der Waals surface area (Å²) in [5, 5.41) is 16.7. The van der Waals surface area contributed by atoms with Crippen LogP contribution in [0.1, 0.15) is 67.3 Å². The minimum atomic E-state index is -0.933. The lowest BCUT2D eigenvalue weighted by Gasteiger charge is -2.15. The number of aliphatic carboxylic acids is 2. The number of carboxylic acids is 2. The molecule has 41 heavy (non-hydrogen) atoms. The number of hydrogen-bond acceptors (Lipinski definition) is 6. The van der Waals surface area contributed by atoms with Crippen LogP contribution in [0.3, 0.4) is 0 Å². The third-order valence-electron chi connectivity index (χ3n) is 6.29. The van der Waals surface area contributed by atoms with Crippen molar-refractivity contribution >= 4 is 18.2 Å². The topological polar surface area (TPSA) is 170 Å². The summed E-state index contributed by atoms with van der Waals surface area (Å²) < 4.78 is 0. The summed E-state index contributed by atoms with van der Waals surface area (Å²) in [4.78, 5) is 30.8. The molecule has 1 aliphatic carbocycles. The van der Waals surface area contributed by atoms with Gasteiger partial charge in [-0.1, -0.05) is 111 Å². The number of aldehydes is 1. The number of carbonyl (C=O) groups excluding carboxylic acids is 1. The molecular weight excluding hydrogens is 518 g/mol. The highest BCUT2D eigenvalue weighted by Gasteiger charge is 2.09. The van der Waals surface area contributed by atoms with Gasteiger partial charge in [0.2, 0.25) is 0 Å². The Morgan fingerprint density at radius 3 is 1.78 bits per heavy atom. The monoisotopic (exact) mass is 563 g/mol. The van der Waals surface area contributed by atoms with Gasteiger partial charge in [-0.05, 0) is 48.9 Å². The third kappa shape index (κ3) is 17.5. The maximum absolute atomic E-state index is 10.5. The van der Waals surface area contributed by atoms with Crippen LogP contribution < -0.4 is 17.2 Å². The average molecular weight is 564 g/mol. The van der Waals surface area contributed by atoms with Crippen molar-refractivity contribution in [3.8, 4) is 11.1 Å². The van der Waals surface area contributed by atoms with Gasteiger partial charge in [0, 0.05) is 11.6 Å². The minimum Gasteiger partial charge on any atom is -0.481 e. The summed E-state index contributed by atoms with van der Waals surface area (Å²) in [6.07, 6.45) is 9.79. The number of benzene rings is 3. The van der Waals surface area contributed by atoms with Crippen LogP contribution in [-0.4, -0.2) is 47.1 Å². The van der Waals surface area contributed by atoms with E-state index in [0.717, 1.165) is 30.3 Å². The van der Waals surface area contributed by atoms with Crippen LogP contribution >= 0.6 is 0 Å². The van der Waals surface area contributed by atoms with E-state index in [1.165, 1.54) is 37.7 Å². The fraction of sp³-hybridized carbons (Fsp3) is 0.364. The van der Waals surface area contributed by atoms with E-state index < -0.39 is 18.0 Å². The van der Waals surface area contributed by atoms with Crippen LogP contribution in [0.5, 0.6) is 0 Å². The second-order valence-electron chi connectivity index (χ2n) is 9.79. The Bertz CT molecular complexity index is 1100. The molecule has 0 heterocycles. The maximum Gasteiger partial charge on any atom is 0.320 e. The summed E-state index contributed by atoms with van der Waals surface area (Å²) in [5.74, 6) is -1.72. The van der Waals surface area contributed by atoms with Gasteiger partial charge >= 0.3 is 11.9 Å². The van der Waals surface area contributed by atoms with Gasteiger partial charge in [0.05, 0.1) is 6.42 Å². The maximum atomic E-state index is 10.5. The first kappa shape index (κ1) is 35.2. The molecule has 1 fully saturated rings. The molecule has 0 unspecified atom stereocenters. The molecule has 8 nitrogen and oxygen atoms in total. The molecule has 0 bridgehead atoms. The smallest absolute Gasteiger partial charge is 0.320 e. The zero-order valence-corrected chi connectivity index (χ0v) is 23.7. The van der Waals surface area contributed by atoms with Crippen LogP contribution in [0, 0.1) is 0 Å². The first-order valence-electron chi connectivity index (χ1n) is 14.1. The van der Waals surface area contributed by atoms with Gasteiger partial charge in [0.1, 0.15) is 12.3 Å². The predicted molar refractivity (Wildman–Crippen MR) is 165 cm³/mol. The fourth-order valence-electron chi connectivity index (χ4n) is 3.92. The van der Waals surface area contributed by atoms with Gasteiger partial charge in [-0.15, -0.1) is 0 Å². The summed E-state index contributed by atoms with van der Waals surface area (Å²) in [5.41, 5.74) is 19.9. The zero-order valence-electron chi connectivity index (χ0n) is 23.7. The molecule has 0 aromatic heterocycles. The predicted octanol–water partition coefficient (Wildman–Crippen LogP) is 5.28. The molecule has 3 aromatic carbocycles. The van der Waals surface area contributed by atoms with Crippen LogP contribution in [0.15, 0.2) is 84.9 Å². The Morgan fingerprint density at radius 2 is 1.34 bits per heavy atom. The Kier molecular flexibility index (Phi) is 18.8. The van der Waals surface area contributed by atoms with E-state index in [4.69, 9.17) is 27.4 Å². The summed E-state index contributed by atoms with van der Waals surface area (Å²) in [6.45, 7) is 0.604. The zero-order chi connectivity index (χ0) is 30.3. The lowest BCUT2D eigenvalue weighted by molar-refractivity contribution is -0.139. The van der Waals surface area contributed by atoms with Gasteiger partial charge in [-0.3, -0.25) is 14.4 Å². The number of carbonyl (C=O) groups is 3. The van der Waals surface area contributed by atoms with E-state index in [1.54, 1.807) is 12.1 Å². The molecule has 8 N–H and O–H groups in total. The number of unbranched alkanes of at least 4 members (excludes halogenated alkanes) is 1. The van der Waals surface area contributed by atoms with E-state index in [2.05, 4.69) is 12.1 Å². The Labute approximate surface area is 243 Å². The minimum absolute atomic E-state index is 0.112. The van der Waals surface area contributed by atoms with E-state index in [0.29, 0.717) is 24.6 Å². The second kappa shape index (κ2) is 21.9. The Hall–Kier alpha value is -3.85. The fourth-order valence-corrected chi connectivity index (χ4v) is 3.92. The molecule has 0 saturated heterocycles. The molecule has 1 saturated carbocycles. The standard InChI is InChI=1S/C13H10O.C8H8O2.C6H14N2O2.C6H13N/c14-10-11-6-8-13(9-7-11)12-4-2-1-3-5-12;9-8(10)6-7-4-2-1-3-5-7;7-4-2-1-3-5(8)6(9)10;7-6-4-2-1-3-5-6/h1-10H;1-5H,6H2,(H,9,10);5H,1-4,7-8H2,(H,9,10);6H,1-5,7H2/t;;5-;/m..0./s1. The highest BCUT2D eigenvalue weighted by molar-refractivity contribution is 5.77. The van der Waals surface area contributed by atoms with Crippen molar-refractivity contribution in [1.82, 2.24) is 0 Å². The average Bonchev–Trinajstić information content (AvgIpc) is 2.99. The number of rotatable bonds is 9. The normalized spacial score (nSPS) is 13.0. The van der Waals surface area contributed by atoms with Gasteiger partial charge < -0.3 is 27.4 Å². The Morgan fingerprint density at radius 1 is 0.805 bits per heavy atom. The molecule has 0 spiro atoms. The van der Waals surface area contributed by atoms with E-state index in [-0.39, 0.29) is 6.42 Å². The van der Waals surface area contributed by atoms with Crippen molar-refractivity contribution in [2.24, 2.45) is 17.2 Å². The lowest BCUT2D eigenvalue weighted by Crippen LogP contribution is -2.29. The molecule has 1 atom stereocenters. The molecule has 8 heteroatoms. The first-order valence-corrected chi connectivity index (χ1v) is 14.1. The quantitative estimate of drug-likeness (QED) is 0.173. The van der Waals surface area contributed by atoms with Crippen molar-refractivity contribution in [3.63, 3.8) is 0 Å². The molecule has 1 aliphatic rings. The van der Waals surface area contributed by atoms with E-state index >= 15 is 0 Å².